The van der Waals surface area contributed by atoms with E-state index < -0.39 is 0 Å². The molecule has 0 saturated heterocycles. The van der Waals surface area contributed by atoms with Gasteiger partial charge in [-0.2, -0.15) is 0 Å². The molecule has 0 amide bonds. The van der Waals surface area contributed by atoms with Crippen LogP contribution in [-0.4, -0.2) is 5.16 Å². The molecule has 0 aliphatic carbocycles. The third-order valence-electron chi connectivity index (χ3n) is 2.31. The summed E-state index contributed by atoms with van der Waals surface area (Å²) in [5.74, 6) is 0.369. The maximum atomic E-state index is 5.98. The Kier molecular flexibility index (Phi) is 3.21. The Bertz CT molecular complexity index is 504. The monoisotopic (exact) mass is 300 g/mol. The van der Waals surface area contributed by atoms with Crippen molar-refractivity contribution in [2.45, 2.75) is 13.3 Å². The predicted molar refractivity (Wildman–Crippen MR) is 68.4 cm³/mol. The lowest BCUT2D eigenvalue weighted by Gasteiger charge is -2.01. The van der Waals surface area contributed by atoms with E-state index in [-0.39, 0.29) is 0 Å². The Morgan fingerprint density at radius 2 is 2.19 bits per heavy atom. The Hall–Kier alpha value is -1.00. The van der Waals surface area contributed by atoms with Crippen LogP contribution in [0.25, 0.3) is 11.3 Å². The van der Waals surface area contributed by atoms with Crippen LogP contribution in [0.4, 0.5) is 5.88 Å². The molecule has 0 aliphatic rings. The van der Waals surface area contributed by atoms with E-state index in [1.807, 2.05) is 25.1 Å². The number of aromatic nitrogens is 1. The van der Waals surface area contributed by atoms with Crippen LogP contribution in [0, 0.1) is 0 Å². The Balaban J connectivity index is 2.58. The zero-order chi connectivity index (χ0) is 11.7. The van der Waals surface area contributed by atoms with Crippen molar-refractivity contribution in [3.05, 3.63) is 33.3 Å². The van der Waals surface area contributed by atoms with Crippen molar-refractivity contribution in [1.82, 2.24) is 5.16 Å². The highest BCUT2D eigenvalue weighted by Gasteiger charge is 2.14. The Morgan fingerprint density at radius 1 is 1.44 bits per heavy atom. The second kappa shape index (κ2) is 4.47. The molecule has 2 N–H and O–H groups in total. The fourth-order valence-electron chi connectivity index (χ4n) is 1.58. The van der Waals surface area contributed by atoms with E-state index in [2.05, 4.69) is 21.1 Å². The SMILES string of the molecule is CCc1c(-c2cc(Cl)cc(Br)c2)noc1N. The summed E-state index contributed by atoms with van der Waals surface area (Å²) in [6, 6.07) is 5.59. The van der Waals surface area contributed by atoms with Crippen LogP contribution in [0.3, 0.4) is 0 Å². The van der Waals surface area contributed by atoms with Gasteiger partial charge in [-0.3, -0.25) is 0 Å². The number of hydrogen-bond acceptors (Lipinski definition) is 3. The summed E-state index contributed by atoms with van der Waals surface area (Å²) in [5, 5.41) is 4.61. The van der Waals surface area contributed by atoms with Crippen LogP contribution in [-0.2, 0) is 6.42 Å². The average molecular weight is 302 g/mol. The Morgan fingerprint density at radius 3 is 2.81 bits per heavy atom. The van der Waals surface area contributed by atoms with Gasteiger partial charge in [-0.05, 0) is 24.6 Å². The first-order chi connectivity index (χ1) is 7.61. The van der Waals surface area contributed by atoms with Gasteiger partial charge in [-0.1, -0.05) is 39.6 Å². The smallest absolute Gasteiger partial charge is 0.225 e. The second-order valence-corrected chi connectivity index (χ2v) is 4.74. The summed E-state index contributed by atoms with van der Waals surface area (Å²) in [7, 11) is 0. The highest BCUT2D eigenvalue weighted by Crippen LogP contribution is 2.31. The summed E-state index contributed by atoms with van der Waals surface area (Å²) in [6.07, 6.45) is 0.773. The van der Waals surface area contributed by atoms with Crippen LogP contribution in [0.5, 0.6) is 0 Å². The summed E-state index contributed by atoms with van der Waals surface area (Å²) >= 11 is 9.37. The molecule has 2 aromatic rings. The minimum absolute atomic E-state index is 0.369. The van der Waals surface area contributed by atoms with Gasteiger partial charge in [0, 0.05) is 20.6 Å². The zero-order valence-electron chi connectivity index (χ0n) is 8.63. The lowest BCUT2D eigenvalue weighted by molar-refractivity contribution is 0.438. The molecule has 0 fully saturated rings. The van der Waals surface area contributed by atoms with Crippen LogP contribution < -0.4 is 5.73 Å². The lowest BCUT2D eigenvalue weighted by atomic mass is 10.1. The molecule has 1 heterocycles. The maximum Gasteiger partial charge on any atom is 0.225 e. The number of nitrogen functional groups attached to an aromatic ring is 1. The number of nitrogens with zero attached hydrogens (tertiary/aromatic N) is 1. The van der Waals surface area contributed by atoms with Gasteiger partial charge in [-0.15, -0.1) is 0 Å². The molecule has 5 heteroatoms. The molecule has 0 saturated carbocycles. The van der Waals surface area contributed by atoms with Gasteiger partial charge in [0.05, 0.1) is 0 Å². The zero-order valence-corrected chi connectivity index (χ0v) is 11.0. The summed E-state index contributed by atoms with van der Waals surface area (Å²) in [5.41, 5.74) is 8.26. The van der Waals surface area contributed by atoms with Crippen molar-refractivity contribution >= 4 is 33.4 Å². The van der Waals surface area contributed by atoms with Gasteiger partial charge in [0.25, 0.3) is 0 Å². The fourth-order valence-corrected chi connectivity index (χ4v) is 2.44. The molecule has 0 unspecified atom stereocenters. The lowest BCUT2D eigenvalue weighted by Crippen LogP contribution is -1.90. The number of hydrogen-bond donors (Lipinski definition) is 1. The molecular weight excluding hydrogens is 291 g/mol. The first-order valence-electron chi connectivity index (χ1n) is 4.82. The highest BCUT2D eigenvalue weighted by atomic mass is 79.9. The van der Waals surface area contributed by atoms with Crippen LogP contribution in [0.15, 0.2) is 27.2 Å². The predicted octanol–water partition coefficient (Wildman–Crippen LogP) is 3.90. The summed E-state index contributed by atoms with van der Waals surface area (Å²) in [6.45, 7) is 2.01. The molecular formula is C11H10BrClN2O. The molecule has 0 radical (unpaired) electrons. The number of halogens is 2. The van der Waals surface area contributed by atoms with Crippen LogP contribution in [0.2, 0.25) is 5.02 Å². The van der Waals surface area contributed by atoms with Crippen LogP contribution in [0.1, 0.15) is 12.5 Å². The molecule has 1 aromatic carbocycles. The van der Waals surface area contributed by atoms with E-state index >= 15 is 0 Å². The third kappa shape index (κ3) is 2.08. The van der Waals surface area contributed by atoms with E-state index in [1.165, 1.54) is 0 Å². The van der Waals surface area contributed by atoms with Gasteiger partial charge in [-0.25, -0.2) is 0 Å². The van der Waals surface area contributed by atoms with E-state index in [0.29, 0.717) is 10.9 Å². The van der Waals surface area contributed by atoms with E-state index in [0.717, 1.165) is 27.7 Å². The minimum atomic E-state index is 0.369. The van der Waals surface area contributed by atoms with Gasteiger partial charge >= 0.3 is 0 Å². The molecule has 84 valence electrons. The van der Waals surface area contributed by atoms with E-state index in [1.54, 1.807) is 0 Å². The van der Waals surface area contributed by atoms with Crippen molar-refractivity contribution in [2.24, 2.45) is 0 Å². The Labute approximate surface area is 107 Å². The molecule has 16 heavy (non-hydrogen) atoms. The average Bonchev–Trinajstić information content (AvgIpc) is 2.58. The standard InChI is InChI=1S/C11H10BrClN2O/c1-2-9-10(15-16-11(9)14)6-3-7(12)5-8(13)4-6/h3-5H,2,14H2,1H3. The van der Waals surface area contributed by atoms with Crippen molar-refractivity contribution in [3.8, 4) is 11.3 Å². The number of benzene rings is 1. The minimum Gasteiger partial charge on any atom is -0.367 e. The number of rotatable bonds is 2. The van der Waals surface area contributed by atoms with Gasteiger partial charge in [0.2, 0.25) is 5.88 Å². The third-order valence-corrected chi connectivity index (χ3v) is 2.98. The highest BCUT2D eigenvalue weighted by molar-refractivity contribution is 9.10. The van der Waals surface area contributed by atoms with E-state index in [4.69, 9.17) is 21.9 Å². The first-order valence-corrected chi connectivity index (χ1v) is 5.99. The quantitative estimate of drug-likeness (QED) is 0.915. The molecule has 1 aromatic heterocycles. The number of anilines is 1. The van der Waals surface area contributed by atoms with Gasteiger partial charge in [0.15, 0.2) is 0 Å². The molecule has 0 atom stereocenters. The number of nitrogens with two attached hydrogens (primary N) is 1. The van der Waals surface area contributed by atoms with Gasteiger partial charge in [0.1, 0.15) is 5.69 Å². The van der Waals surface area contributed by atoms with Crippen LogP contribution >= 0.6 is 27.5 Å². The van der Waals surface area contributed by atoms with Crippen molar-refractivity contribution in [3.63, 3.8) is 0 Å². The van der Waals surface area contributed by atoms with E-state index in [9.17, 15) is 0 Å². The van der Waals surface area contributed by atoms with Crippen molar-refractivity contribution < 1.29 is 4.52 Å². The normalized spacial score (nSPS) is 10.7. The fraction of sp³-hybridized carbons (Fsp3) is 0.182. The summed E-state index contributed by atoms with van der Waals surface area (Å²) < 4.78 is 5.89. The molecule has 0 bridgehead atoms. The molecule has 0 aliphatic heterocycles. The summed E-state index contributed by atoms with van der Waals surface area (Å²) in [4.78, 5) is 0. The molecule has 2 rings (SSSR count). The maximum absolute atomic E-state index is 5.98. The van der Waals surface area contributed by atoms with Crippen molar-refractivity contribution in [2.75, 3.05) is 5.73 Å². The molecule has 0 spiro atoms. The molecule has 3 nitrogen and oxygen atoms in total. The van der Waals surface area contributed by atoms with Gasteiger partial charge < -0.3 is 10.3 Å². The largest absolute Gasteiger partial charge is 0.367 e. The van der Waals surface area contributed by atoms with Crippen molar-refractivity contribution in [1.29, 1.82) is 0 Å². The first kappa shape index (κ1) is 11.5. The second-order valence-electron chi connectivity index (χ2n) is 3.39. The topological polar surface area (TPSA) is 52.0 Å².